The van der Waals surface area contributed by atoms with Crippen molar-refractivity contribution in [3.8, 4) is 0 Å². The number of fused-ring (bicyclic) bond motifs is 7. The number of non-ortho nitro benzene ring substituents is 2. The van der Waals surface area contributed by atoms with E-state index in [0.717, 1.165) is 127 Å². The van der Waals surface area contributed by atoms with E-state index in [9.17, 15) is 82.0 Å². The van der Waals surface area contributed by atoms with E-state index >= 15 is 0 Å². The Bertz CT molecular complexity index is 6270. The number of carbonyl (C=O) groups excluding carboxylic acids is 2. The van der Waals surface area contributed by atoms with Crippen molar-refractivity contribution >= 4 is 200 Å². The molecule has 7 aromatic carbocycles. The number of carboxylic acids is 6. The third kappa shape index (κ3) is 23.7. The summed E-state index contributed by atoms with van der Waals surface area (Å²) in [5.74, 6) is -6.63. The highest BCUT2D eigenvalue weighted by Crippen LogP contribution is 2.43. The molecule has 0 aliphatic carbocycles. The molecule has 7 heterocycles. The van der Waals surface area contributed by atoms with E-state index in [4.69, 9.17) is 78.4 Å². The minimum atomic E-state index is -4.80. The van der Waals surface area contributed by atoms with Crippen LogP contribution in [-0.4, -0.2) is 124 Å². The number of benzene rings is 7. The van der Waals surface area contributed by atoms with Crippen LogP contribution in [0.3, 0.4) is 0 Å². The first-order chi connectivity index (χ1) is 57.7. The van der Waals surface area contributed by atoms with Gasteiger partial charge in [-0.15, -0.1) is 6.58 Å². The van der Waals surface area contributed by atoms with Crippen molar-refractivity contribution in [1.82, 2.24) is 34.9 Å². The number of hydrogen-bond donors (Lipinski definition) is 13. The van der Waals surface area contributed by atoms with Crippen molar-refractivity contribution < 1.29 is 92.0 Å². The zero-order valence-corrected chi connectivity index (χ0v) is 69.7. The number of allylic oxidation sites excluding steroid dienone is 1. The molecule has 0 bridgehead atoms. The second kappa shape index (κ2) is 42.3. The zero-order valence-electron chi connectivity index (χ0n) is 65.9. The van der Waals surface area contributed by atoms with E-state index < -0.39 is 79.9 Å². The minimum Gasteiger partial charge on any atom is -0.481 e. The Morgan fingerprint density at radius 1 is 0.467 bits per heavy atom. The number of halogens is 8. The summed E-state index contributed by atoms with van der Waals surface area (Å²) < 4.78 is 39.6. The van der Waals surface area contributed by atoms with Gasteiger partial charge in [0.25, 0.3) is 11.4 Å². The number of nitrogens with zero attached hydrogens (tertiary/aromatic N) is 2. The number of aryl methyl sites for hydroxylation is 10. The van der Waals surface area contributed by atoms with Crippen LogP contribution in [0.2, 0.25) is 25.1 Å². The maximum absolute atomic E-state index is 13.2. The predicted molar refractivity (Wildman–Crippen MR) is 466 cm³/mol. The monoisotopic (exact) mass is 1770 g/mol. The van der Waals surface area contributed by atoms with Crippen molar-refractivity contribution in [2.45, 2.75) is 124 Å². The summed E-state index contributed by atoms with van der Waals surface area (Å²) in [4.78, 5) is 128. The summed E-state index contributed by atoms with van der Waals surface area (Å²) in [5, 5.41) is 81.8. The molecule has 0 atom stereocenters. The molecule has 13 N–H and O–H groups in total. The van der Waals surface area contributed by atoms with Gasteiger partial charge in [0.15, 0.2) is 6.29 Å². The highest BCUT2D eigenvalue weighted by Gasteiger charge is 2.38. The van der Waals surface area contributed by atoms with Crippen LogP contribution in [0.25, 0.3) is 82.4 Å². The molecule has 14 aromatic rings. The predicted octanol–water partition coefficient (Wildman–Crippen LogP) is 22.7. The summed E-state index contributed by atoms with van der Waals surface area (Å²) in [5.41, 5.74) is 13.1. The molecule has 0 unspecified atom stereocenters. The summed E-state index contributed by atoms with van der Waals surface area (Å²) >= 11 is 29.7. The molecule has 0 amide bonds. The molecule has 35 heteroatoms. The number of aliphatic carboxylic acids is 3. The van der Waals surface area contributed by atoms with E-state index in [-0.39, 0.29) is 59.5 Å². The molecule has 638 valence electrons. The van der Waals surface area contributed by atoms with Crippen LogP contribution in [0.5, 0.6) is 0 Å². The fourth-order valence-corrected chi connectivity index (χ4v) is 14.8. The lowest BCUT2D eigenvalue weighted by Gasteiger charge is -2.12. The van der Waals surface area contributed by atoms with E-state index in [1.165, 1.54) is 35.2 Å². The molecular weight excluding hydrogens is 1690 g/mol. The Balaban J connectivity index is 0.000000178. The van der Waals surface area contributed by atoms with Gasteiger partial charge in [-0.3, -0.25) is 39.4 Å². The molecule has 0 saturated heterocycles. The maximum atomic E-state index is 13.2. The molecule has 14 rings (SSSR count). The number of aromatic amines is 7. The van der Waals surface area contributed by atoms with Crippen molar-refractivity contribution in [2.75, 3.05) is 0 Å². The number of carbonyl (C=O) groups is 8. The van der Waals surface area contributed by atoms with Crippen LogP contribution in [-0.2, 0) is 63.9 Å². The number of aromatic carboxylic acids is 3. The highest BCUT2D eigenvalue weighted by molar-refractivity contribution is 6.36. The van der Waals surface area contributed by atoms with Gasteiger partial charge in [0, 0.05) is 147 Å². The van der Waals surface area contributed by atoms with E-state index in [0.29, 0.717) is 79.4 Å². The van der Waals surface area contributed by atoms with Crippen LogP contribution in [0.15, 0.2) is 134 Å². The van der Waals surface area contributed by atoms with Crippen LogP contribution in [0.1, 0.15) is 161 Å². The molecule has 0 radical (unpaired) electrons. The molecule has 122 heavy (non-hydrogen) atoms. The van der Waals surface area contributed by atoms with Gasteiger partial charge < -0.3 is 70.3 Å². The van der Waals surface area contributed by atoms with Crippen LogP contribution >= 0.6 is 58.0 Å². The Labute approximate surface area is 716 Å². The van der Waals surface area contributed by atoms with Gasteiger partial charge in [0.1, 0.15) is 23.4 Å². The fourth-order valence-electron chi connectivity index (χ4n) is 13.7. The van der Waals surface area contributed by atoms with Crippen molar-refractivity contribution in [2.24, 2.45) is 0 Å². The van der Waals surface area contributed by atoms with Gasteiger partial charge in [-0.05, 0) is 221 Å². The summed E-state index contributed by atoms with van der Waals surface area (Å²) in [7, 11) is 0. The SMILES string of the molecule is C=CCCc1c(C=C)[nH]c2ccc(Cl)cc12.CCCCc1c(C(=O)O)[nH]c2ccc([N+](=O)[O-])cc12.Cc1cc(Cl)c2[nH]c(C(=O)O)c(CCC(=O)O)c2c1.Cc1cc2[nH]c(C)c(CCC(=O)O)c2cc1Cl.Cc1cc2ccc([N+](=O)[O-])cc2[nH]1.O=C(O)CCc1c(C(=O)O)[nH]c2ccc(Cl)c(C(F)(F)F)c12.O=CCCc1c(C=O)[nH]c2ccc(Cl)cc12. The van der Waals surface area contributed by atoms with Crippen molar-refractivity contribution in [3.05, 3.63) is 270 Å². The minimum absolute atomic E-state index is 0.00347. The third-order valence-electron chi connectivity index (χ3n) is 19.3. The molecule has 0 saturated carbocycles. The Morgan fingerprint density at radius 2 is 0.959 bits per heavy atom. The van der Waals surface area contributed by atoms with Gasteiger partial charge >= 0.3 is 42.0 Å². The van der Waals surface area contributed by atoms with Crippen molar-refractivity contribution in [1.29, 1.82) is 0 Å². The number of rotatable bonds is 25. The molecule has 0 aliphatic heterocycles. The van der Waals surface area contributed by atoms with Gasteiger partial charge in [-0.1, -0.05) is 84.0 Å². The second-order valence-electron chi connectivity index (χ2n) is 27.8. The zero-order chi connectivity index (χ0) is 89.9. The van der Waals surface area contributed by atoms with E-state index in [1.807, 2.05) is 89.2 Å². The molecule has 0 aliphatic rings. The lowest BCUT2D eigenvalue weighted by Crippen LogP contribution is -2.09. The van der Waals surface area contributed by atoms with Crippen molar-refractivity contribution in [3.63, 3.8) is 0 Å². The standard InChI is InChI=1S/C14H14ClN.C13H9ClF3NO4.C13H12ClNO4.C13H14ClNO2.C13H14N2O4.C12H10ClNO2.C9H8N2O2/c1-3-5-6-11-12-9-10(15)7-8-14(12)16-13(11)4-2;14-6-2-3-7-9(10(6)13(15,16)17)5(1-4-8(19)20)11(18-7)12(21)22;1-6-4-8-7(2-3-10(16)17)12(13(18)19)15-11(8)9(14)5-6;1-7-5-12-10(6-11(7)14)9(8(2)15-12)3-4-13(16)17;1-2-3-4-9-10-7-8(15(18)19)5-6-11(10)14-12(9)13(16)17;13-8-3-4-11-10(6-8)9(2-1-5-15)12(7-16)14-11;1-6-4-7-2-3-8(11(12)13)5-9(7)10-6/h3-4,7-9,16H,1-2,5-6H2;2-3,18H,1,4H2,(H,19,20)(H,21,22);4-5,15H,2-3H2,1H3,(H,16,17)(H,18,19);5-6,15H,3-4H2,1-2H3,(H,16,17);5-7,14H,2-4H2,1H3,(H,16,17);3-7,14H,1-2H2;2-5,10H,1H3. The largest absolute Gasteiger partial charge is 0.481 e. The Hall–Kier alpha value is -13.0. The maximum Gasteiger partial charge on any atom is 0.418 e. The average molecular weight is 1770 g/mol. The van der Waals surface area contributed by atoms with Gasteiger partial charge in [-0.25, -0.2) is 14.4 Å². The summed E-state index contributed by atoms with van der Waals surface area (Å²) in [6.07, 6.45) is 5.67. The smallest absolute Gasteiger partial charge is 0.418 e. The number of carboxylic acid groups (broad SMARTS) is 6. The lowest BCUT2D eigenvalue weighted by molar-refractivity contribution is -0.384. The lowest BCUT2D eigenvalue weighted by atomic mass is 10.0. The number of nitro groups is 2. The van der Waals surface area contributed by atoms with Crippen LogP contribution < -0.4 is 0 Å². The fraction of sp³-hybridized carbons (Fsp3) is 0.218. The number of hydrogen-bond acceptors (Lipinski definition) is 12. The second-order valence-corrected chi connectivity index (χ2v) is 29.9. The molecule has 0 spiro atoms. The van der Waals surface area contributed by atoms with Gasteiger partial charge in [-0.2, -0.15) is 13.2 Å². The highest BCUT2D eigenvalue weighted by atomic mass is 35.5. The van der Waals surface area contributed by atoms with Gasteiger partial charge in [0.2, 0.25) is 0 Å². The van der Waals surface area contributed by atoms with Gasteiger partial charge in [0.05, 0.1) is 42.2 Å². The molecular formula is C87H81Cl5F3N9O18. The molecule has 7 aromatic heterocycles. The number of alkyl halides is 3. The third-order valence-corrected chi connectivity index (χ3v) is 20.8. The first kappa shape index (κ1) is 94.5. The summed E-state index contributed by atoms with van der Waals surface area (Å²) in [6, 6.07) is 32.1. The Kier molecular flexibility index (Phi) is 32.7. The number of unbranched alkanes of at least 4 members (excludes halogenated alkanes) is 1. The number of nitro benzene ring substituents is 2. The first-order valence-corrected chi connectivity index (χ1v) is 39.2. The number of H-pyrrole nitrogens is 7. The number of nitrogens with one attached hydrogen (secondary N) is 7. The normalized spacial score (nSPS) is 10.9. The first-order valence-electron chi connectivity index (χ1n) is 37.3. The number of aldehydes is 2. The van der Waals surface area contributed by atoms with Crippen LogP contribution in [0.4, 0.5) is 24.5 Å². The van der Waals surface area contributed by atoms with E-state index in [2.05, 4.69) is 48.0 Å². The number of aromatic nitrogens is 7. The Morgan fingerprint density at radius 3 is 1.51 bits per heavy atom. The molecule has 0 fully saturated rings. The topological polar surface area (TPSA) is 455 Å². The quantitative estimate of drug-likeness (QED) is 0.0109. The van der Waals surface area contributed by atoms with Crippen LogP contribution in [0, 0.1) is 47.9 Å². The average Bonchev–Trinajstić information content (AvgIpc) is 1.58. The van der Waals surface area contributed by atoms with E-state index in [1.54, 1.807) is 42.5 Å². The molecule has 27 nitrogen and oxygen atoms in total. The summed E-state index contributed by atoms with van der Waals surface area (Å²) in [6.45, 7) is 17.3.